The number of aryl methyl sites for hydroxylation is 1. The van der Waals surface area contributed by atoms with Gasteiger partial charge in [0.05, 0.1) is 11.0 Å². The molecule has 0 aliphatic heterocycles. The molecule has 2 rings (SSSR count). The molecule has 0 aliphatic carbocycles. The normalized spacial score (nSPS) is 9.62. The summed E-state index contributed by atoms with van der Waals surface area (Å²) in [6.45, 7) is 0.644. The number of halogens is 3. The highest BCUT2D eigenvalue weighted by Gasteiger charge is 2.02. The lowest BCUT2D eigenvalue weighted by Crippen LogP contribution is -2.01. The number of nitrogens with zero attached hydrogens (tertiary/aromatic N) is 1. The lowest BCUT2D eigenvalue weighted by Gasteiger charge is -1.91. The third-order valence-electron chi connectivity index (χ3n) is 2.11. The summed E-state index contributed by atoms with van der Waals surface area (Å²) in [5.74, 6) is 0.627. The van der Waals surface area contributed by atoms with Crippen molar-refractivity contribution in [2.75, 3.05) is 6.54 Å². The van der Waals surface area contributed by atoms with Crippen LogP contribution in [-0.2, 0) is 6.42 Å². The molecule has 90 valence electrons. The minimum atomic E-state index is -0.244. The van der Waals surface area contributed by atoms with Crippen molar-refractivity contribution in [3.63, 3.8) is 0 Å². The maximum atomic E-state index is 12.8. The molecule has 1 aromatic carbocycles. The Kier molecular flexibility index (Phi) is 6.33. The van der Waals surface area contributed by atoms with Gasteiger partial charge in [0.2, 0.25) is 0 Å². The summed E-state index contributed by atoms with van der Waals surface area (Å²) >= 11 is 0. The van der Waals surface area contributed by atoms with E-state index in [1.165, 1.54) is 12.1 Å². The first-order valence-corrected chi connectivity index (χ1v) is 4.64. The molecular formula is C10H14Cl2FN3. The monoisotopic (exact) mass is 265 g/mol. The second kappa shape index (κ2) is 6.68. The zero-order valence-corrected chi connectivity index (χ0v) is 10.2. The van der Waals surface area contributed by atoms with Crippen LogP contribution in [-0.4, -0.2) is 16.5 Å². The van der Waals surface area contributed by atoms with E-state index in [-0.39, 0.29) is 30.6 Å². The summed E-state index contributed by atoms with van der Waals surface area (Å²) in [6, 6.07) is 4.54. The minimum Gasteiger partial charge on any atom is -0.342 e. The van der Waals surface area contributed by atoms with Crippen molar-refractivity contribution >= 4 is 35.8 Å². The maximum Gasteiger partial charge on any atom is 0.125 e. The molecule has 0 spiro atoms. The standard InChI is InChI=1S/C10H12FN3.2ClH/c11-7-3-4-8-9(6-7)14-10(13-8)2-1-5-12;;/h3-4,6H,1-2,5,12H2,(H,13,14);2*1H. The smallest absolute Gasteiger partial charge is 0.125 e. The zero-order chi connectivity index (χ0) is 9.97. The van der Waals surface area contributed by atoms with Crippen molar-refractivity contribution in [3.8, 4) is 0 Å². The van der Waals surface area contributed by atoms with Gasteiger partial charge >= 0.3 is 0 Å². The van der Waals surface area contributed by atoms with Crippen molar-refractivity contribution in [3.05, 3.63) is 29.8 Å². The summed E-state index contributed by atoms with van der Waals surface area (Å²) in [7, 11) is 0. The van der Waals surface area contributed by atoms with Crippen LogP contribution in [0.25, 0.3) is 11.0 Å². The van der Waals surface area contributed by atoms with E-state index < -0.39 is 0 Å². The van der Waals surface area contributed by atoms with Crippen LogP contribution in [0.2, 0.25) is 0 Å². The second-order valence-corrected chi connectivity index (χ2v) is 3.24. The van der Waals surface area contributed by atoms with Crippen LogP contribution < -0.4 is 5.73 Å². The molecule has 0 radical (unpaired) electrons. The van der Waals surface area contributed by atoms with Crippen LogP contribution in [0.15, 0.2) is 18.2 Å². The Hall–Kier alpha value is -0.840. The predicted octanol–water partition coefficient (Wildman–Crippen LogP) is 2.44. The number of rotatable bonds is 3. The average molecular weight is 266 g/mol. The van der Waals surface area contributed by atoms with Crippen molar-refractivity contribution in [2.24, 2.45) is 5.73 Å². The molecule has 0 unspecified atom stereocenters. The predicted molar refractivity (Wildman–Crippen MR) is 67.9 cm³/mol. The number of fused-ring (bicyclic) bond motifs is 1. The van der Waals surface area contributed by atoms with Crippen molar-refractivity contribution in [1.82, 2.24) is 9.97 Å². The number of aromatic nitrogens is 2. The first-order chi connectivity index (χ1) is 6.79. The van der Waals surface area contributed by atoms with Crippen LogP contribution in [0, 0.1) is 5.82 Å². The molecule has 3 N–H and O–H groups in total. The molecule has 0 fully saturated rings. The van der Waals surface area contributed by atoms with Crippen LogP contribution in [0.1, 0.15) is 12.2 Å². The number of nitrogens with two attached hydrogens (primary N) is 1. The van der Waals surface area contributed by atoms with Gasteiger partial charge in [-0.2, -0.15) is 0 Å². The third-order valence-corrected chi connectivity index (χ3v) is 2.11. The molecule has 1 aromatic heterocycles. The molecule has 3 nitrogen and oxygen atoms in total. The Balaban J connectivity index is 0.00000112. The van der Waals surface area contributed by atoms with E-state index in [2.05, 4.69) is 9.97 Å². The molecule has 0 amide bonds. The van der Waals surface area contributed by atoms with Gasteiger partial charge in [0.15, 0.2) is 0 Å². The maximum absolute atomic E-state index is 12.8. The molecule has 1 heterocycles. The van der Waals surface area contributed by atoms with Crippen molar-refractivity contribution < 1.29 is 4.39 Å². The average Bonchev–Trinajstić information content (AvgIpc) is 2.56. The molecule has 2 aromatic rings. The van der Waals surface area contributed by atoms with E-state index in [1.54, 1.807) is 6.07 Å². The summed E-state index contributed by atoms with van der Waals surface area (Å²) in [4.78, 5) is 7.38. The summed E-state index contributed by atoms with van der Waals surface area (Å²) in [5.41, 5.74) is 6.94. The second-order valence-electron chi connectivity index (χ2n) is 3.24. The van der Waals surface area contributed by atoms with Gasteiger partial charge in [0.25, 0.3) is 0 Å². The highest BCUT2D eigenvalue weighted by molar-refractivity contribution is 5.85. The fraction of sp³-hybridized carbons (Fsp3) is 0.300. The summed E-state index contributed by atoms with van der Waals surface area (Å²) in [5, 5.41) is 0. The fourth-order valence-corrected chi connectivity index (χ4v) is 1.42. The van der Waals surface area contributed by atoms with Crippen LogP contribution in [0.4, 0.5) is 4.39 Å². The van der Waals surface area contributed by atoms with Gasteiger partial charge in [-0.05, 0) is 31.2 Å². The number of hydrogen-bond donors (Lipinski definition) is 2. The number of nitrogens with one attached hydrogen (secondary N) is 1. The van der Waals surface area contributed by atoms with Gasteiger partial charge in [0, 0.05) is 6.42 Å². The molecule has 0 saturated heterocycles. The summed E-state index contributed by atoms with van der Waals surface area (Å²) in [6.07, 6.45) is 1.70. The van der Waals surface area contributed by atoms with E-state index in [1.807, 2.05) is 0 Å². The highest BCUT2D eigenvalue weighted by atomic mass is 35.5. The van der Waals surface area contributed by atoms with Gasteiger partial charge in [-0.1, -0.05) is 0 Å². The third kappa shape index (κ3) is 3.33. The molecular weight excluding hydrogens is 252 g/mol. The molecule has 16 heavy (non-hydrogen) atoms. The zero-order valence-electron chi connectivity index (χ0n) is 8.57. The molecule has 6 heteroatoms. The Morgan fingerprint density at radius 1 is 1.31 bits per heavy atom. The first kappa shape index (κ1) is 15.2. The van der Waals surface area contributed by atoms with Crippen LogP contribution >= 0.6 is 24.8 Å². The van der Waals surface area contributed by atoms with E-state index in [4.69, 9.17) is 5.73 Å². The number of benzene rings is 1. The minimum absolute atomic E-state index is 0. The van der Waals surface area contributed by atoms with E-state index >= 15 is 0 Å². The lowest BCUT2D eigenvalue weighted by molar-refractivity contribution is 0.629. The topological polar surface area (TPSA) is 54.7 Å². The van der Waals surface area contributed by atoms with E-state index in [0.717, 1.165) is 29.7 Å². The lowest BCUT2D eigenvalue weighted by atomic mass is 10.3. The molecule has 0 atom stereocenters. The SMILES string of the molecule is Cl.Cl.NCCCc1nc2ccc(F)cc2[nH]1. The van der Waals surface area contributed by atoms with Crippen molar-refractivity contribution in [1.29, 1.82) is 0 Å². The van der Waals surface area contributed by atoms with Gasteiger partial charge in [0.1, 0.15) is 11.6 Å². The van der Waals surface area contributed by atoms with Gasteiger partial charge in [-0.15, -0.1) is 24.8 Å². The van der Waals surface area contributed by atoms with Gasteiger partial charge in [-0.3, -0.25) is 0 Å². The number of H-pyrrole nitrogens is 1. The quantitative estimate of drug-likeness (QED) is 0.896. The largest absolute Gasteiger partial charge is 0.342 e. The van der Waals surface area contributed by atoms with E-state index in [0.29, 0.717) is 6.54 Å². The van der Waals surface area contributed by atoms with Crippen LogP contribution in [0.3, 0.4) is 0 Å². The first-order valence-electron chi connectivity index (χ1n) is 4.64. The Morgan fingerprint density at radius 3 is 2.75 bits per heavy atom. The van der Waals surface area contributed by atoms with E-state index in [9.17, 15) is 4.39 Å². The Labute approximate surface area is 105 Å². The molecule has 0 bridgehead atoms. The fourth-order valence-electron chi connectivity index (χ4n) is 1.42. The Bertz CT molecular complexity index is 445. The molecule has 0 saturated carbocycles. The molecule has 0 aliphatic rings. The van der Waals surface area contributed by atoms with Gasteiger partial charge < -0.3 is 10.7 Å². The van der Waals surface area contributed by atoms with Gasteiger partial charge in [-0.25, -0.2) is 9.37 Å². The van der Waals surface area contributed by atoms with Crippen LogP contribution in [0.5, 0.6) is 0 Å². The van der Waals surface area contributed by atoms with Crippen molar-refractivity contribution in [2.45, 2.75) is 12.8 Å². The number of imidazole rings is 1. The highest BCUT2D eigenvalue weighted by Crippen LogP contribution is 2.13. The Morgan fingerprint density at radius 2 is 2.06 bits per heavy atom. The number of aromatic amines is 1. The number of hydrogen-bond acceptors (Lipinski definition) is 2. The summed E-state index contributed by atoms with van der Waals surface area (Å²) < 4.78 is 12.8.